The van der Waals surface area contributed by atoms with E-state index in [0.29, 0.717) is 29.6 Å². The Morgan fingerprint density at radius 2 is 1.59 bits per heavy atom. The largest absolute Gasteiger partial charge is 0.370 e. The Hall–Kier alpha value is -1.94. The molecule has 7 nitrogen and oxygen atoms in total. The second-order valence-electron chi connectivity index (χ2n) is 9.03. The molecule has 0 bridgehead atoms. The predicted octanol–water partition coefficient (Wildman–Crippen LogP) is 4.30. The summed E-state index contributed by atoms with van der Waals surface area (Å²) in [6.07, 6.45) is 3.57. The maximum Gasteiger partial charge on any atom is 0.264 e. The number of hydrogen-bond donors (Lipinski definition) is 1. The number of benzene rings is 2. The minimum atomic E-state index is -3.80. The van der Waals surface area contributed by atoms with Gasteiger partial charge in [-0.2, -0.15) is 4.31 Å². The monoisotopic (exact) mass is 523 g/mol. The molecule has 0 aromatic heterocycles. The molecule has 2 fully saturated rings. The van der Waals surface area contributed by atoms with Crippen LogP contribution in [0, 0.1) is 0 Å². The summed E-state index contributed by atoms with van der Waals surface area (Å²) in [7, 11) is -5.61. The standard InChI is InChI=1S/C24H30ClN3O4S2/c1-17(2)18-7-9-19(10-8-18)33(30)26-24(29)20-15-23(34(31,32)28-13-5-6-14-28)22(16-21(20)25)27-11-3-4-12-27/h7-10,15-17H,3-6,11-14H2,1-2H3,(H,26,29). The van der Waals surface area contributed by atoms with E-state index in [9.17, 15) is 17.4 Å². The number of carbonyl (C=O) groups is 1. The molecular weight excluding hydrogens is 494 g/mol. The molecule has 2 aliphatic heterocycles. The first kappa shape index (κ1) is 25.2. The molecule has 0 radical (unpaired) electrons. The Morgan fingerprint density at radius 1 is 1.00 bits per heavy atom. The molecule has 2 aromatic carbocycles. The maximum absolute atomic E-state index is 13.5. The molecule has 0 spiro atoms. The van der Waals surface area contributed by atoms with E-state index >= 15 is 0 Å². The number of nitrogens with one attached hydrogen (secondary N) is 1. The van der Waals surface area contributed by atoms with Crippen LogP contribution in [0.15, 0.2) is 46.2 Å². The van der Waals surface area contributed by atoms with Crippen LogP contribution in [0.4, 0.5) is 5.69 Å². The fourth-order valence-corrected chi connectivity index (χ4v) is 7.13. The SMILES string of the molecule is CC(C)c1ccc(S(=O)NC(=O)c2cc(S(=O)(=O)N3CCCC3)c(N3CCCC3)cc2Cl)cc1. The van der Waals surface area contributed by atoms with Crippen molar-refractivity contribution in [3.63, 3.8) is 0 Å². The Labute approximate surface area is 209 Å². The first-order valence-electron chi connectivity index (χ1n) is 11.6. The molecule has 0 aliphatic carbocycles. The van der Waals surface area contributed by atoms with Gasteiger partial charge in [0.2, 0.25) is 10.0 Å². The number of hydrogen-bond acceptors (Lipinski definition) is 5. The van der Waals surface area contributed by atoms with Crippen LogP contribution in [0.3, 0.4) is 0 Å². The van der Waals surface area contributed by atoms with Gasteiger partial charge in [0, 0.05) is 26.2 Å². The predicted molar refractivity (Wildman–Crippen MR) is 135 cm³/mol. The van der Waals surface area contributed by atoms with Gasteiger partial charge in [-0.15, -0.1) is 0 Å². The summed E-state index contributed by atoms with van der Waals surface area (Å²) in [5, 5.41) is 0.131. The molecule has 1 atom stereocenters. The Bertz CT molecular complexity index is 1190. The zero-order valence-electron chi connectivity index (χ0n) is 19.4. The average molecular weight is 524 g/mol. The lowest BCUT2D eigenvalue weighted by Crippen LogP contribution is -2.31. The zero-order valence-corrected chi connectivity index (χ0v) is 21.8. The van der Waals surface area contributed by atoms with Gasteiger partial charge in [0.1, 0.15) is 4.90 Å². The van der Waals surface area contributed by atoms with Gasteiger partial charge in [-0.25, -0.2) is 12.6 Å². The lowest BCUT2D eigenvalue weighted by atomic mass is 10.0. The third-order valence-electron chi connectivity index (χ3n) is 6.37. The van der Waals surface area contributed by atoms with Crippen molar-refractivity contribution >= 4 is 44.2 Å². The topological polar surface area (TPSA) is 86.8 Å². The van der Waals surface area contributed by atoms with Crippen LogP contribution >= 0.6 is 11.6 Å². The van der Waals surface area contributed by atoms with Crippen molar-refractivity contribution in [1.82, 2.24) is 9.03 Å². The van der Waals surface area contributed by atoms with Gasteiger partial charge in [-0.05, 0) is 61.4 Å². The fraction of sp³-hybridized carbons (Fsp3) is 0.458. The fourth-order valence-electron chi connectivity index (χ4n) is 4.37. The number of carbonyl (C=O) groups excluding carboxylic acids is 1. The highest BCUT2D eigenvalue weighted by molar-refractivity contribution is 7.89. The minimum Gasteiger partial charge on any atom is -0.370 e. The number of nitrogens with zero attached hydrogens (tertiary/aromatic N) is 2. The lowest BCUT2D eigenvalue weighted by Gasteiger charge is -2.25. The second-order valence-corrected chi connectivity index (χ2v) is 12.6. The highest BCUT2D eigenvalue weighted by atomic mass is 35.5. The summed E-state index contributed by atoms with van der Waals surface area (Å²) in [6.45, 7) is 6.52. The van der Waals surface area contributed by atoms with Gasteiger partial charge in [0.15, 0.2) is 11.0 Å². The van der Waals surface area contributed by atoms with Crippen LogP contribution in [-0.4, -0.2) is 49.0 Å². The van der Waals surface area contributed by atoms with Crippen LogP contribution in [0.2, 0.25) is 5.02 Å². The van der Waals surface area contributed by atoms with E-state index in [-0.39, 0.29) is 15.5 Å². The summed E-state index contributed by atoms with van der Waals surface area (Å²) < 4.78 is 43.7. The summed E-state index contributed by atoms with van der Waals surface area (Å²) >= 11 is 6.47. The van der Waals surface area contributed by atoms with E-state index in [4.69, 9.17) is 11.6 Å². The zero-order chi connectivity index (χ0) is 24.5. The molecule has 1 amide bonds. The Balaban J connectivity index is 1.66. The first-order valence-corrected chi connectivity index (χ1v) is 14.6. The van der Waals surface area contributed by atoms with Crippen molar-refractivity contribution in [2.45, 2.75) is 55.2 Å². The molecule has 2 aromatic rings. The highest BCUT2D eigenvalue weighted by Crippen LogP contribution is 2.36. The number of halogens is 1. The summed E-state index contributed by atoms with van der Waals surface area (Å²) in [6, 6.07) is 10.1. The van der Waals surface area contributed by atoms with E-state index in [1.807, 2.05) is 17.0 Å². The van der Waals surface area contributed by atoms with E-state index in [1.54, 1.807) is 18.2 Å². The van der Waals surface area contributed by atoms with Crippen molar-refractivity contribution in [3.8, 4) is 0 Å². The van der Waals surface area contributed by atoms with Crippen LogP contribution < -0.4 is 9.62 Å². The Kier molecular flexibility index (Phi) is 7.66. The molecule has 2 aliphatic rings. The number of sulfonamides is 1. The molecule has 1 unspecified atom stereocenters. The molecule has 10 heteroatoms. The van der Waals surface area contributed by atoms with E-state index in [1.165, 1.54) is 10.4 Å². The van der Waals surface area contributed by atoms with Gasteiger partial charge in [0.25, 0.3) is 5.91 Å². The van der Waals surface area contributed by atoms with Crippen molar-refractivity contribution in [2.75, 3.05) is 31.1 Å². The van der Waals surface area contributed by atoms with Crippen molar-refractivity contribution in [1.29, 1.82) is 0 Å². The van der Waals surface area contributed by atoms with Crippen LogP contribution in [0.1, 0.15) is 61.4 Å². The molecule has 1 N–H and O–H groups in total. The first-order chi connectivity index (χ1) is 16.2. The van der Waals surface area contributed by atoms with E-state index < -0.39 is 26.9 Å². The number of rotatable bonds is 7. The molecule has 184 valence electrons. The second kappa shape index (κ2) is 10.4. The molecule has 2 saturated heterocycles. The third kappa shape index (κ3) is 5.17. The number of anilines is 1. The lowest BCUT2D eigenvalue weighted by molar-refractivity contribution is 0.0983. The van der Waals surface area contributed by atoms with Gasteiger partial charge in [-0.1, -0.05) is 37.6 Å². The summed E-state index contributed by atoms with van der Waals surface area (Å²) in [5.74, 6) is -0.344. The van der Waals surface area contributed by atoms with Crippen LogP contribution in [0.25, 0.3) is 0 Å². The normalized spacial score (nSPS) is 17.9. The smallest absolute Gasteiger partial charge is 0.264 e. The van der Waals surface area contributed by atoms with E-state index in [2.05, 4.69) is 18.6 Å². The average Bonchev–Trinajstić information content (AvgIpc) is 3.53. The minimum absolute atomic E-state index is 0.00506. The highest BCUT2D eigenvalue weighted by Gasteiger charge is 2.33. The van der Waals surface area contributed by atoms with Gasteiger partial charge < -0.3 is 4.90 Å². The number of amides is 1. The third-order valence-corrected chi connectivity index (χ3v) is 9.68. The Morgan fingerprint density at radius 3 is 2.18 bits per heavy atom. The molecule has 2 heterocycles. The molecule has 34 heavy (non-hydrogen) atoms. The molecule has 0 saturated carbocycles. The van der Waals surface area contributed by atoms with Gasteiger partial charge >= 0.3 is 0 Å². The van der Waals surface area contributed by atoms with Crippen LogP contribution in [0.5, 0.6) is 0 Å². The summed E-state index contributed by atoms with van der Waals surface area (Å²) in [5.41, 5.74) is 1.62. The maximum atomic E-state index is 13.5. The molecule has 4 rings (SSSR count). The van der Waals surface area contributed by atoms with Crippen LogP contribution in [-0.2, 0) is 21.0 Å². The van der Waals surface area contributed by atoms with Crippen molar-refractivity contribution < 1.29 is 17.4 Å². The van der Waals surface area contributed by atoms with Gasteiger partial charge in [-0.3, -0.25) is 9.52 Å². The van der Waals surface area contributed by atoms with E-state index in [0.717, 1.165) is 44.3 Å². The molecular formula is C24H30ClN3O4S2. The van der Waals surface area contributed by atoms with Gasteiger partial charge in [0.05, 0.1) is 21.2 Å². The van der Waals surface area contributed by atoms with Crippen molar-refractivity contribution in [3.05, 3.63) is 52.5 Å². The van der Waals surface area contributed by atoms with Crippen molar-refractivity contribution in [2.24, 2.45) is 0 Å². The summed E-state index contributed by atoms with van der Waals surface area (Å²) in [4.78, 5) is 15.6. The quantitative estimate of drug-likeness (QED) is 0.584.